The van der Waals surface area contributed by atoms with Crippen LogP contribution in [-0.2, 0) is 20.7 Å². The van der Waals surface area contributed by atoms with E-state index < -0.39 is 11.9 Å². The quantitative estimate of drug-likeness (QED) is 0.495. The zero-order valence-electron chi connectivity index (χ0n) is 17.9. The smallest absolute Gasteiger partial charge is 0.317 e. The molecule has 2 aromatic rings. The second-order valence-electron chi connectivity index (χ2n) is 7.28. The first-order chi connectivity index (χ1) is 14.5. The van der Waals surface area contributed by atoms with E-state index in [1.807, 2.05) is 30.3 Å². The van der Waals surface area contributed by atoms with Gasteiger partial charge in [0, 0.05) is 5.92 Å². The largest absolute Gasteiger partial charge is 0.493 e. The summed E-state index contributed by atoms with van der Waals surface area (Å²) in [6, 6.07) is 13.7. The molecular formula is C25H28O5. The van der Waals surface area contributed by atoms with Gasteiger partial charge < -0.3 is 14.2 Å². The van der Waals surface area contributed by atoms with Gasteiger partial charge in [0.25, 0.3) is 0 Å². The van der Waals surface area contributed by atoms with E-state index in [2.05, 4.69) is 19.1 Å². The highest BCUT2D eigenvalue weighted by atomic mass is 16.5. The van der Waals surface area contributed by atoms with E-state index in [0.717, 1.165) is 23.1 Å². The van der Waals surface area contributed by atoms with Crippen molar-refractivity contribution in [3.05, 3.63) is 65.2 Å². The maximum atomic E-state index is 13.0. The Labute approximate surface area is 177 Å². The van der Waals surface area contributed by atoms with Gasteiger partial charge in [-0.05, 0) is 60.2 Å². The highest BCUT2D eigenvalue weighted by molar-refractivity contribution is 6.10. The number of benzene rings is 2. The van der Waals surface area contributed by atoms with Gasteiger partial charge in [-0.15, -0.1) is 0 Å². The van der Waals surface area contributed by atoms with Gasteiger partial charge in [-0.1, -0.05) is 37.3 Å². The zero-order valence-corrected chi connectivity index (χ0v) is 17.9. The summed E-state index contributed by atoms with van der Waals surface area (Å²) in [5.41, 5.74) is 3.92. The van der Waals surface area contributed by atoms with Gasteiger partial charge >= 0.3 is 5.97 Å². The predicted octanol–water partition coefficient (Wildman–Crippen LogP) is 4.59. The molecule has 0 bridgehead atoms. The lowest BCUT2D eigenvalue weighted by molar-refractivity contribution is -0.151. The molecule has 2 atom stereocenters. The Kier molecular flexibility index (Phi) is 6.93. The van der Waals surface area contributed by atoms with Gasteiger partial charge in [-0.3, -0.25) is 9.59 Å². The SMILES string of the molecule is CCOC(=O)[C@@H]1C(=O)C=C(c2ccc(OC)c(OC)c2)C[C@@H]1c1ccc(CC)cc1. The standard InChI is InChI=1S/C25H28O5/c1-5-16-7-9-17(10-8-16)20-13-19(14-21(26)24(20)25(27)30-6-2)18-11-12-22(28-3)23(15-18)29-4/h7-12,14-15,20,24H,5-6,13H2,1-4H3/t20-,24+/m1/s1. The molecule has 5 heteroatoms. The zero-order chi connectivity index (χ0) is 21.7. The molecule has 0 aromatic heterocycles. The van der Waals surface area contributed by atoms with Crippen molar-refractivity contribution in [2.75, 3.05) is 20.8 Å². The van der Waals surface area contributed by atoms with Crippen molar-refractivity contribution < 1.29 is 23.8 Å². The monoisotopic (exact) mass is 408 g/mol. The van der Waals surface area contributed by atoms with Crippen molar-refractivity contribution in [1.29, 1.82) is 0 Å². The molecule has 0 amide bonds. The number of rotatable bonds is 7. The fourth-order valence-electron chi connectivity index (χ4n) is 3.93. The van der Waals surface area contributed by atoms with Gasteiger partial charge in [0.05, 0.1) is 20.8 Å². The molecule has 0 N–H and O–H groups in total. The lowest BCUT2D eigenvalue weighted by Crippen LogP contribution is -2.34. The molecule has 0 spiro atoms. The molecule has 0 heterocycles. The maximum Gasteiger partial charge on any atom is 0.317 e. The van der Waals surface area contributed by atoms with Crippen LogP contribution in [0.4, 0.5) is 0 Å². The molecule has 0 saturated heterocycles. The van der Waals surface area contributed by atoms with Gasteiger partial charge in [0.15, 0.2) is 17.3 Å². The fourth-order valence-corrected chi connectivity index (χ4v) is 3.93. The minimum Gasteiger partial charge on any atom is -0.493 e. The number of carbonyl (C=O) groups excluding carboxylic acids is 2. The first-order valence-electron chi connectivity index (χ1n) is 10.2. The van der Waals surface area contributed by atoms with Gasteiger partial charge in [-0.25, -0.2) is 0 Å². The van der Waals surface area contributed by atoms with Crippen molar-refractivity contribution in [2.24, 2.45) is 5.92 Å². The molecule has 0 radical (unpaired) electrons. The minimum absolute atomic E-state index is 0.228. The Morgan fingerprint density at radius 1 is 1.00 bits per heavy atom. The Balaban J connectivity index is 2.02. The van der Waals surface area contributed by atoms with Crippen LogP contribution in [0.3, 0.4) is 0 Å². The molecule has 158 valence electrons. The summed E-state index contributed by atoms with van der Waals surface area (Å²) in [4.78, 5) is 25.7. The summed E-state index contributed by atoms with van der Waals surface area (Å²) in [6.07, 6.45) is 3.05. The molecule has 0 aliphatic heterocycles. The van der Waals surface area contributed by atoms with Crippen molar-refractivity contribution in [3.8, 4) is 11.5 Å². The van der Waals surface area contributed by atoms with Gasteiger partial charge in [-0.2, -0.15) is 0 Å². The first kappa shape index (κ1) is 21.6. The molecule has 0 saturated carbocycles. The van der Waals surface area contributed by atoms with Crippen LogP contribution in [0.25, 0.3) is 5.57 Å². The molecule has 2 aromatic carbocycles. The van der Waals surface area contributed by atoms with Crippen molar-refractivity contribution in [2.45, 2.75) is 32.6 Å². The normalized spacial score (nSPS) is 18.5. The van der Waals surface area contributed by atoms with Crippen molar-refractivity contribution >= 4 is 17.3 Å². The van der Waals surface area contributed by atoms with E-state index in [0.29, 0.717) is 17.9 Å². The third-order valence-corrected chi connectivity index (χ3v) is 5.58. The second-order valence-corrected chi connectivity index (χ2v) is 7.28. The van der Waals surface area contributed by atoms with E-state index in [4.69, 9.17) is 14.2 Å². The average molecular weight is 408 g/mol. The number of esters is 1. The summed E-state index contributed by atoms with van der Waals surface area (Å²) < 4.78 is 16.0. The van der Waals surface area contributed by atoms with Crippen molar-refractivity contribution in [3.63, 3.8) is 0 Å². The lowest BCUT2D eigenvalue weighted by atomic mass is 9.73. The van der Waals surface area contributed by atoms with E-state index in [1.54, 1.807) is 27.2 Å². The topological polar surface area (TPSA) is 61.8 Å². The number of ether oxygens (including phenoxy) is 3. The Hall–Kier alpha value is -3.08. The fraction of sp³-hybridized carbons (Fsp3) is 0.360. The van der Waals surface area contributed by atoms with Crippen LogP contribution in [0.15, 0.2) is 48.5 Å². The van der Waals surface area contributed by atoms with Crippen LogP contribution < -0.4 is 9.47 Å². The second kappa shape index (κ2) is 9.61. The molecule has 3 rings (SSSR count). The summed E-state index contributed by atoms with van der Waals surface area (Å²) in [6.45, 7) is 4.09. The van der Waals surface area contributed by atoms with Gasteiger partial charge in [0.1, 0.15) is 5.92 Å². The van der Waals surface area contributed by atoms with Crippen LogP contribution in [0, 0.1) is 5.92 Å². The number of aryl methyl sites for hydroxylation is 1. The average Bonchev–Trinajstić information content (AvgIpc) is 2.78. The van der Waals surface area contributed by atoms with Crippen LogP contribution in [0.2, 0.25) is 0 Å². The van der Waals surface area contributed by atoms with Crippen LogP contribution in [0.1, 0.15) is 42.9 Å². The van der Waals surface area contributed by atoms with Crippen LogP contribution in [0.5, 0.6) is 11.5 Å². The number of hydrogen-bond donors (Lipinski definition) is 0. The highest BCUT2D eigenvalue weighted by Gasteiger charge is 2.39. The Morgan fingerprint density at radius 3 is 2.30 bits per heavy atom. The third-order valence-electron chi connectivity index (χ3n) is 5.58. The summed E-state index contributed by atoms with van der Waals surface area (Å²) in [5.74, 6) is -0.583. The predicted molar refractivity (Wildman–Crippen MR) is 116 cm³/mol. The number of allylic oxidation sites excluding steroid dienone is 2. The molecule has 30 heavy (non-hydrogen) atoms. The summed E-state index contributed by atoms with van der Waals surface area (Å²) in [7, 11) is 3.16. The van der Waals surface area contributed by atoms with Crippen LogP contribution in [-0.4, -0.2) is 32.6 Å². The minimum atomic E-state index is -0.832. The molecule has 0 unspecified atom stereocenters. The van der Waals surface area contributed by atoms with E-state index in [-0.39, 0.29) is 18.3 Å². The Morgan fingerprint density at radius 2 is 1.70 bits per heavy atom. The molecule has 1 aliphatic rings. The highest BCUT2D eigenvalue weighted by Crippen LogP contribution is 2.42. The number of ketones is 1. The van der Waals surface area contributed by atoms with E-state index >= 15 is 0 Å². The molecule has 0 fully saturated rings. The maximum absolute atomic E-state index is 13.0. The molecule has 5 nitrogen and oxygen atoms in total. The number of carbonyl (C=O) groups is 2. The number of methoxy groups -OCH3 is 2. The van der Waals surface area contributed by atoms with E-state index in [1.165, 1.54) is 5.56 Å². The van der Waals surface area contributed by atoms with E-state index in [9.17, 15) is 9.59 Å². The summed E-state index contributed by atoms with van der Waals surface area (Å²) >= 11 is 0. The number of hydrogen-bond acceptors (Lipinski definition) is 5. The van der Waals surface area contributed by atoms with Crippen LogP contribution >= 0.6 is 0 Å². The molecule has 1 aliphatic carbocycles. The van der Waals surface area contributed by atoms with Gasteiger partial charge in [0.2, 0.25) is 0 Å². The lowest BCUT2D eigenvalue weighted by Gasteiger charge is -2.29. The Bertz CT molecular complexity index is 943. The third kappa shape index (κ3) is 4.40. The van der Waals surface area contributed by atoms with Crippen molar-refractivity contribution in [1.82, 2.24) is 0 Å². The molecular weight excluding hydrogens is 380 g/mol. The first-order valence-corrected chi connectivity index (χ1v) is 10.2. The summed E-state index contributed by atoms with van der Waals surface area (Å²) in [5, 5.41) is 0.